The van der Waals surface area contributed by atoms with Crippen LogP contribution in [0.15, 0.2) is 24.3 Å². The van der Waals surface area contributed by atoms with E-state index in [1.54, 1.807) is 0 Å². The van der Waals surface area contributed by atoms with Crippen LogP contribution in [0.25, 0.3) is 10.9 Å². The van der Waals surface area contributed by atoms with Crippen molar-refractivity contribution >= 4 is 22.7 Å². The number of piperidine rings is 1. The molecule has 0 bridgehead atoms. The van der Waals surface area contributed by atoms with Crippen LogP contribution in [0.5, 0.6) is 0 Å². The van der Waals surface area contributed by atoms with E-state index >= 15 is 0 Å². The van der Waals surface area contributed by atoms with Crippen LogP contribution in [0.2, 0.25) is 0 Å². The van der Waals surface area contributed by atoms with E-state index in [1.807, 2.05) is 33.8 Å². The topological polar surface area (TPSA) is 88.5 Å². The maximum Gasteiger partial charge on any atom is 0.227 e. The molecule has 0 spiro atoms. The first-order chi connectivity index (χ1) is 14.2. The second-order valence-corrected chi connectivity index (χ2v) is 7.72. The molecule has 2 fully saturated rings. The Morgan fingerprint density at radius 2 is 1.97 bits per heavy atom. The lowest BCUT2D eigenvalue weighted by Gasteiger charge is -2.34. The number of nitrogens with zero attached hydrogens (tertiary/aromatic N) is 3. The molecule has 0 radical (unpaired) electrons. The molecule has 0 aliphatic carbocycles. The number of morpholine rings is 1. The van der Waals surface area contributed by atoms with Gasteiger partial charge in [0.05, 0.1) is 42.8 Å². The molecule has 2 amide bonds. The highest BCUT2D eigenvalue weighted by Crippen LogP contribution is 2.21. The Morgan fingerprint density at radius 3 is 2.76 bits per heavy atom. The fraction of sp³-hybridized carbons (Fsp3) is 0.571. The predicted molar refractivity (Wildman–Crippen MR) is 109 cm³/mol. The van der Waals surface area contributed by atoms with Crippen LogP contribution in [-0.2, 0) is 27.4 Å². The number of hydrogen-bond donors (Lipinski definition) is 2. The third-order valence-electron chi connectivity index (χ3n) is 5.86. The molecule has 2 aliphatic rings. The first-order valence-corrected chi connectivity index (χ1v) is 10.5. The highest BCUT2D eigenvalue weighted by atomic mass is 16.5. The van der Waals surface area contributed by atoms with Gasteiger partial charge in [0.2, 0.25) is 11.8 Å². The van der Waals surface area contributed by atoms with Crippen molar-refractivity contribution in [3.63, 3.8) is 0 Å². The van der Waals surface area contributed by atoms with Crippen molar-refractivity contribution in [3.8, 4) is 0 Å². The van der Waals surface area contributed by atoms with Crippen LogP contribution < -0.4 is 10.6 Å². The average molecular weight is 399 g/mol. The number of aryl methyl sites for hydroxylation is 1. The molecule has 2 aromatic rings. The zero-order chi connectivity index (χ0) is 20.2. The van der Waals surface area contributed by atoms with Crippen LogP contribution in [0.1, 0.15) is 19.0 Å². The number of para-hydroxylation sites is 1. The van der Waals surface area contributed by atoms with Crippen molar-refractivity contribution in [2.45, 2.75) is 26.4 Å². The normalized spacial score (nSPS) is 22.6. The van der Waals surface area contributed by atoms with Crippen LogP contribution >= 0.6 is 0 Å². The lowest BCUT2D eigenvalue weighted by atomic mass is 9.88. The lowest BCUT2D eigenvalue weighted by molar-refractivity contribution is -0.141. The number of fused-ring (bicyclic) bond motifs is 1. The van der Waals surface area contributed by atoms with Gasteiger partial charge in [-0.3, -0.25) is 14.3 Å². The molecule has 0 saturated carbocycles. The van der Waals surface area contributed by atoms with E-state index in [1.165, 1.54) is 0 Å². The summed E-state index contributed by atoms with van der Waals surface area (Å²) in [7, 11) is 0. The number of hydrogen-bond acceptors (Lipinski definition) is 5. The molecule has 2 atom stereocenters. The molecule has 8 nitrogen and oxygen atoms in total. The summed E-state index contributed by atoms with van der Waals surface area (Å²) in [6.07, 6.45) is 0.583. The number of benzene rings is 1. The van der Waals surface area contributed by atoms with Gasteiger partial charge in [-0.2, -0.15) is 5.10 Å². The fourth-order valence-corrected chi connectivity index (χ4v) is 4.25. The van der Waals surface area contributed by atoms with Gasteiger partial charge in [-0.15, -0.1) is 0 Å². The number of ether oxygens (including phenoxy) is 1. The third kappa shape index (κ3) is 4.28. The maximum atomic E-state index is 12.8. The van der Waals surface area contributed by atoms with E-state index < -0.39 is 0 Å². The van der Waals surface area contributed by atoms with Crippen molar-refractivity contribution in [3.05, 3.63) is 30.0 Å². The summed E-state index contributed by atoms with van der Waals surface area (Å²) in [5, 5.41) is 12.0. The number of nitrogens with one attached hydrogen (secondary N) is 2. The average Bonchev–Trinajstić information content (AvgIpc) is 3.15. The van der Waals surface area contributed by atoms with E-state index in [-0.39, 0.29) is 23.7 Å². The molecule has 2 N–H and O–H groups in total. The van der Waals surface area contributed by atoms with Gasteiger partial charge in [0.1, 0.15) is 0 Å². The summed E-state index contributed by atoms with van der Waals surface area (Å²) in [5.41, 5.74) is 1.95. The largest absolute Gasteiger partial charge is 0.378 e. The van der Waals surface area contributed by atoms with Gasteiger partial charge in [0.15, 0.2) is 0 Å². The summed E-state index contributed by atoms with van der Waals surface area (Å²) >= 11 is 0. The Kier molecular flexibility index (Phi) is 6.10. The smallest absolute Gasteiger partial charge is 0.227 e. The van der Waals surface area contributed by atoms with Gasteiger partial charge >= 0.3 is 0 Å². The van der Waals surface area contributed by atoms with Crippen molar-refractivity contribution in [2.75, 3.05) is 39.4 Å². The van der Waals surface area contributed by atoms with Crippen molar-refractivity contribution in [1.29, 1.82) is 0 Å². The van der Waals surface area contributed by atoms with Crippen molar-refractivity contribution in [1.82, 2.24) is 25.3 Å². The standard InChI is InChI=1S/C21H29N5O3/c1-2-26-19-6-4-3-5-17(19)18(24-26)14-23-20(27)15-11-16(13-22-12-15)21(28)25-7-9-29-10-8-25/h3-6,15-16,22H,2,7-14H2,1H3,(H,23,27). The van der Waals surface area contributed by atoms with Gasteiger partial charge in [-0.25, -0.2) is 0 Å². The zero-order valence-electron chi connectivity index (χ0n) is 16.9. The Morgan fingerprint density at radius 1 is 1.21 bits per heavy atom. The van der Waals surface area contributed by atoms with Gasteiger partial charge in [-0.05, 0) is 19.4 Å². The molecule has 4 rings (SSSR count). The van der Waals surface area contributed by atoms with E-state index in [9.17, 15) is 9.59 Å². The molecular formula is C21H29N5O3. The van der Waals surface area contributed by atoms with Crippen LogP contribution in [0, 0.1) is 11.8 Å². The minimum Gasteiger partial charge on any atom is -0.378 e. The van der Waals surface area contributed by atoms with Crippen LogP contribution in [-0.4, -0.2) is 65.9 Å². The number of carbonyl (C=O) groups is 2. The van der Waals surface area contributed by atoms with E-state index in [4.69, 9.17) is 4.74 Å². The molecule has 2 unspecified atom stereocenters. The van der Waals surface area contributed by atoms with Gasteiger partial charge in [0, 0.05) is 38.1 Å². The molecule has 2 saturated heterocycles. The minimum absolute atomic E-state index is 0.0212. The van der Waals surface area contributed by atoms with Crippen molar-refractivity contribution < 1.29 is 14.3 Å². The summed E-state index contributed by atoms with van der Waals surface area (Å²) in [5.74, 6) is -0.255. The minimum atomic E-state index is -0.210. The third-order valence-corrected chi connectivity index (χ3v) is 5.86. The highest BCUT2D eigenvalue weighted by molar-refractivity contribution is 5.84. The molecular weight excluding hydrogens is 370 g/mol. The van der Waals surface area contributed by atoms with Gasteiger partial charge in [0.25, 0.3) is 0 Å². The second-order valence-electron chi connectivity index (χ2n) is 7.72. The van der Waals surface area contributed by atoms with Gasteiger partial charge in [-0.1, -0.05) is 18.2 Å². The monoisotopic (exact) mass is 399 g/mol. The summed E-state index contributed by atoms with van der Waals surface area (Å²) < 4.78 is 7.28. The molecule has 156 valence electrons. The van der Waals surface area contributed by atoms with E-state index in [2.05, 4.69) is 22.7 Å². The maximum absolute atomic E-state index is 12.8. The predicted octanol–water partition coefficient (Wildman–Crippen LogP) is 0.757. The first-order valence-electron chi connectivity index (χ1n) is 10.5. The SMILES string of the molecule is CCn1nc(CNC(=O)C2CNCC(C(=O)N3CCOCC3)C2)c2ccccc21. The summed E-state index contributed by atoms with van der Waals surface area (Å²) in [6, 6.07) is 8.07. The Balaban J connectivity index is 1.37. The lowest BCUT2D eigenvalue weighted by Crippen LogP contribution is -2.51. The molecule has 1 aromatic heterocycles. The Bertz CT molecular complexity index is 874. The quantitative estimate of drug-likeness (QED) is 0.775. The van der Waals surface area contributed by atoms with E-state index in [0.29, 0.717) is 52.4 Å². The summed E-state index contributed by atoms with van der Waals surface area (Å²) in [4.78, 5) is 27.4. The molecule has 2 aliphatic heterocycles. The zero-order valence-corrected chi connectivity index (χ0v) is 16.9. The van der Waals surface area contributed by atoms with E-state index in [0.717, 1.165) is 23.1 Å². The molecule has 29 heavy (non-hydrogen) atoms. The number of amides is 2. The van der Waals surface area contributed by atoms with Gasteiger partial charge < -0.3 is 20.3 Å². The van der Waals surface area contributed by atoms with Crippen LogP contribution in [0.3, 0.4) is 0 Å². The molecule has 8 heteroatoms. The second kappa shape index (κ2) is 8.92. The number of aromatic nitrogens is 2. The summed E-state index contributed by atoms with van der Waals surface area (Å²) in [6.45, 7) is 6.92. The number of carbonyl (C=O) groups excluding carboxylic acids is 2. The van der Waals surface area contributed by atoms with Crippen molar-refractivity contribution in [2.24, 2.45) is 11.8 Å². The van der Waals surface area contributed by atoms with Crippen LogP contribution in [0.4, 0.5) is 0 Å². The number of rotatable bonds is 5. The Labute approximate surface area is 170 Å². The molecule has 3 heterocycles. The fourth-order valence-electron chi connectivity index (χ4n) is 4.25. The first kappa shape index (κ1) is 19.8. The highest BCUT2D eigenvalue weighted by Gasteiger charge is 2.33. The molecule has 1 aromatic carbocycles. The Hall–Kier alpha value is -2.45.